The first-order chi connectivity index (χ1) is 13.5. The van der Waals surface area contributed by atoms with Crippen LogP contribution in [0.2, 0.25) is 0 Å². The van der Waals surface area contributed by atoms with Crippen LogP contribution in [-0.4, -0.2) is 95.5 Å². The summed E-state index contributed by atoms with van der Waals surface area (Å²) in [5.74, 6) is 0.186. The van der Waals surface area contributed by atoms with Crippen molar-refractivity contribution in [2.24, 2.45) is 5.41 Å². The highest BCUT2D eigenvalue weighted by molar-refractivity contribution is 5.92. The second kappa shape index (κ2) is 7.75. The Morgan fingerprint density at radius 2 is 1.79 bits per heavy atom. The molecule has 0 N–H and O–H groups in total. The van der Waals surface area contributed by atoms with Crippen molar-refractivity contribution in [2.75, 3.05) is 53.0 Å². The van der Waals surface area contributed by atoms with Crippen LogP contribution in [0.25, 0.3) is 0 Å². The number of nitrogens with zero attached hydrogens (tertiary/aromatic N) is 5. The first-order valence-corrected chi connectivity index (χ1v) is 10.1. The van der Waals surface area contributed by atoms with Gasteiger partial charge >= 0.3 is 0 Å². The molecule has 28 heavy (non-hydrogen) atoms. The van der Waals surface area contributed by atoms with Crippen LogP contribution in [0, 0.1) is 12.3 Å². The summed E-state index contributed by atoms with van der Waals surface area (Å²) in [5.41, 5.74) is 1.33. The maximum Gasteiger partial charge on any atom is 0.274 e. The largest absolute Gasteiger partial charge is 0.378 e. The van der Waals surface area contributed by atoms with Crippen molar-refractivity contribution >= 4 is 11.8 Å². The van der Waals surface area contributed by atoms with Crippen LogP contribution in [0.3, 0.4) is 0 Å². The molecule has 152 valence electrons. The van der Waals surface area contributed by atoms with Crippen molar-refractivity contribution < 1.29 is 14.3 Å². The molecule has 4 heterocycles. The predicted octanol–water partition coefficient (Wildman–Crippen LogP) is 0.570. The maximum atomic E-state index is 13.0. The molecule has 0 radical (unpaired) electrons. The lowest BCUT2D eigenvalue weighted by Crippen LogP contribution is -2.48. The summed E-state index contributed by atoms with van der Waals surface area (Å²) >= 11 is 0. The van der Waals surface area contributed by atoms with E-state index < -0.39 is 0 Å². The van der Waals surface area contributed by atoms with Crippen LogP contribution in [0.1, 0.15) is 35.4 Å². The van der Waals surface area contributed by atoms with Crippen molar-refractivity contribution in [3.8, 4) is 0 Å². The van der Waals surface area contributed by atoms with Gasteiger partial charge in [-0.1, -0.05) is 0 Å². The topological polar surface area (TPSA) is 78.9 Å². The van der Waals surface area contributed by atoms with Gasteiger partial charge in [-0.15, -0.1) is 0 Å². The molecule has 8 heteroatoms. The summed E-state index contributed by atoms with van der Waals surface area (Å²) in [6.07, 6.45) is 5.92. The molecule has 3 saturated heterocycles. The fourth-order valence-electron chi connectivity index (χ4n) is 4.75. The lowest BCUT2D eigenvalue weighted by molar-refractivity contribution is -0.139. The summed E-state index contributed by atoms with van der Waals surface area (Å²) in [6, 6.07) is -0.0525. The third-order valence-corrected chi connectivity index (χ3v) is 6.46. The summed E-state index contributed by atoms with van der Waals surface area (Å²) < 4.78 is 5.37. The van der Waals surface area contributed by atoms with Gasteiger partial charge < -0.3 is 14.5 Å². The van der Waals surface area contributed by atoms with Crippen LogP contribution in [0.15, 0.2) is 12.4 Å². The van der Waals surface area contributed by atoms with E-state index in [4.69, 9.17) is 4.74 Å². The average molecular weight is 387 g/mol. The molecule has 2 amide bonds. The number of aryl methyl sites for hydroxylation is 1. The van der Waals surface area contributed by atoms with Crippen LogP contribution in [0.5, 0.6) is 0 Å². The highest BCUT2D eigenvalue weighted by Gasteiger charge is 2.48. The van der Waals surface area contributed by atoms with Crippen LogP contribution in [-0.2, 0) is 9.53 Å². The van der Waals surface area contributed by atoms with Gasteiger partial charge in [0.25, 0.3) is 5.91 Å². The number of likely N-dealkylation sites (tertiary alicyclic amines) is 2. The number of morpholine rings is 1. The number of likely N-dealkylation sites (N-methyl/N-ethyl adjacent to an activating group) is 1. The molecule has 1 aromatic heterocycles. The normalized spacial score (nSPS) is 25.3. The maximum absolute atomic E-state index is 13.0. The predicted molar refractivity (Wildman–Crippen MR) is 103 cm³/mol. The van der Waals surface area contributed by atoms with Crippen molar-refractivity contribution in [3.63, 3.8) is 0 Å². The Kier molecular flexibility index (Phi) is 5.33. The first-order valence-electron chi connectivity index (χ1n) is 10.1. The Bertz CT molecular complexity index is 724. The Morgan fingerprint density at radius 3 is 2.43 bits per heavy atom. The first kappa shape index (κ1) is 19.3. The molecule has 1 unspecified atom stereocenters. The Morgan fingerprint density at radius 1 is 1.07 bits per heavy atom. The van der Waals surface area contributed by atoms with Gasteiger partial charge in [-0.3, -0.25) is 19.5 Å². The van der Waals surface area contributed by atoms with E-state index in [2.05, 4.69) is 21.9 Å². The van der Waals surface area contributed by atoms with E-state index in [9.17, 15) is 9.59 Å². The van der Waals surface area contributed by atoms with Crippen LogP contribution < -0.4 is 0 Å². The lowest BCUT2D eigenvalue weighted by atomic mass is 9.76. The summed E-state index contributed by atoms with van der Waals surface area (Å²) in [6.45, 7) is 6.84. The summed E-state index contributed by atoms with van der Waals surface area (Å²) in [7, 11) is 2.05. The molecule has 1 spiro atoms. The van der Waals surface area contributed by atoms with Crippen molar-refractivity contribution in [1.82, 2.24) is 24.7 Å². The number of carbonyl (C=O) groups excluding carboxylic acids is 2. The minimum atomic E-state index is -0.0525. The van der Waals surface area contributed by atoms with E-state index in [-0.39, 0.29) is 23.3 Å². The zero-order valence-corrected chi connectivity index (χ0v) is 16.8. The van der Waals surface area contributed by atoms with Gasteiger partial charge in [0.05, 0.1) is 31.1 Å². The minimum absolute atomic E-state index is 0.0466. The van der Waals surface area contributed by atoms with Gasteiger partial charge in [0.1, 0.15) is 5.69 Å². The number of amides is 2. The average Bonchev–Trinajstić information content (AvgIpc) is 3.04. The summed E-state index contributed by atoms with van der Waals surface area (Å²) in [4.78, 5) is 40.1. The van der Waals surface area contributed by atoms with E-state index in [1.54, 1.807) is 12.4 Å². The van der Waals surface area contributed by atoms with Crippen molar-refractivity contribution in [1.29, 1.82) is 0 Å². The molecule has 0 bridgehead atoms. The molecule has 1 aromatic rings. The van der Waals surface area contributed by atoms with Gasteiger partial charge in [0.15, 0.2) is 0 Å². The van der Waals surface area contributed by atoms with E-state index >= 15 is 0 Å². The van der Waals surface area contributed by atoms with Gasteiger partial charge in [0, 0.05) is 38.9 Å². The fourth-order valence-corrected chi connectivity index (χ4v) is 4.75. The Balaban J connectivity index is 1.36. The molecule has 3 fully saturated rings. The van der Waals surface area contributed by atoms with E-state index in [1.165, 1.54) is 0 Å². The number of piperidine rings is 1. The molecule has 3 aliphatic heterocycles. The third kappa shape index (κ3) is 3.75. The standard InChI is InChI=1S/C20H29N5O3/c1-15-12-22-16(13-21-15)18(26)24-5-3-20(4-6-24)11-17(23(2)14-20)19(27)25-7-9-28-10-8-25/h12-13,17H,3-11,14H2,1-2H3. The lowest BCUT2D eigenvalue weighted by Gasteiger charge is -2.39. The van der Waals surface area contributed by atoms with Crippen molar-refractivity contribution in [3.05, 3.63) is 23.8 Å². The molecule has 0 saturated carbocycles. The fraction of sp³-hybridized carbons (Fsp3) is 0.700. The monoisotopic (exact) mass is 387 g/mol. The highest BCUT2D eigenvalue weighted by Crippen LogP contribution is 2.43. The molecule has 1 atom stereocenters. The zero-order valence-electron chi connectivity index (χ0n) is 16.8. The highest BCUT2D eigenvalue weighted by atomic mass is 16.5. The number of aromatic nitrogens is 2. The Labute approximate surface area is 165 Å². The SMILES string of the molecule is Cc1cnc(C(=O)N2CCC3(CC2)CC(C(=O)N2CCOCC2)N(C)C3)cn1. The molecular weight excluding hydrogens is 358 g/mol. The quantitative estimate of drug-likeness (QED) is 0.738. The second-order valence-corrected chi connectivity index (χ2v) is 8.41. The van der Waals surface area contributed by atoms with Gasteiger partial charge in [-0.25, -0.2) is 4.98 Å². The number of hydrogen-bond acceptors (Lipinski definition) is 6. The van der Waals surface area contributed by atoms with E-state index in [1.807, 2.05) is 16.7 Å². The molecule has 4 rings (SSSR count). The zero-order chi connectivity index (χ0) is 19.7. The molecular formula is C20H29N5O3. The number of ether oxygens (including phenoxy) is 1. The van der Waals surface area contributed by atoms with Gasteiger partial charge in [0.2, 0.25) is 5.91 Å². The number of rotatable bonds is 2. The number of hydrogen-bond donors (Lipinski definition) is 0. The second-order valence-electron chi connectivity index (χ2n) is 8.41. The molecule has 3 aliphatic rings. The van der Waals surface area contributed by atoms with Gasteiger partial charge in [-0.2, -0.15) is 0 Å². The smallest absolute Gasteiger partial charge is 0.274 e. The van der Waals surface area contributed by atoms with Crippen LogP contribution >= 0.6 is 0 Å². The summed E-state index contributed by atoms with van der Waals surface area (Å²) in [5, 5.41) is 0. The molecule has 0 aliphatic carbocycles. The van der Waals surface area contributed by atoms with Gasteiger partial charge in [-0.05, 0) is 38.6 Å². The Hall–Kier alpha value is -2.06. The number of carbonyl (C=O) groups is 2. The van der Waals surface area contributed by atoms with E-state index in [0.717, 1.165) is 31.5 Å². The van der Waals surface area contributed by atoms with Crippen LogP contribution in [0.4, 0.5) is 0 Å². The van der Waals surface area contributed by atoms with Crippen molar-refractivity contribution in [2.45, 2.75) is 32.2 Å². The van der Waals surface area contributed by atoms with E-state index in [0.29, 0.717) is 45.1 Å². The minimum Gasteiger partial charge on any atom is -0.378 e. The molecule has 0 aromatic carbocycles. The molecule has 8 nitrogen and oxygen atoms in total. The third-order valence-electron chi connectivity index (χ3n) is 6.46.